The first-order valence-electron chi connectivity index (χ1n) is 10.5. The summed E-state index contributed by atoms with van der Waals surface area (Å²) in [5, 5.41) is 4.50. The molecule has 4 aromatic rings. The second kappa shape index (κ2) is 8.31. The van der Waals surface area contributed by atoms with E-state index in [1.807, 2.05) is 48.7 Å². The fourth-order valence-corrected chi connectivity index (χ4v) is 3.78. The molecule has 0 aliphatic rings. The van der Waals surface area contributed by atoms with Crippen LogP contribution in [0.1, 0.15) is 51.2 Å². The number of benzene rings is 1. The predicted octanol–water partition coefficient (Wildman–Crippen LogP) is 3.30. The minimum Gasteiger partial charge on any atom is -0.459 e. The highest BCUT2D eigenvalue weighted by Gasteiger charge is 2.19. The smallest absolute Gasteiger partial charge is 0.330 e. The van der Waals surface area contributed by atoms with Crippen LogP contribution in [0.15, 0.2) is 44.3 Å². The van der Waals surface area contributed by atoms with E-state index in [1.54, 1.807) is 4.57 Å². The predicted molar refractivity (Wildman–Crippen MR) is 117 cm³/mol. The molecule has 4 rings (SSSR count). The molecule has 8 heteroatoms. The van der Waals surface area contributed by atoms with Gasteiger partial charge >= 0.3 is 5.69 Å². The first kappa shape index (κ1) is 20.2. The molecule has 1 atom stereocenters. The molecule has 0 fully saturated rings. The van der Waals surface area contributed by atoms with Crippen LogP contribution in [-0.2, 0) is 19.6 Å². The van der Waals surface area contributed by atoms with E-state index in [-0.39, 0.29) is 6.04 Å². The zero-order valence-electron chi connectivity index (χ0n) is 17.6. The van der Waals surface area contributed by atoms with Gasteiger partial charge in [0, 0.05) is 18.5 Å². The molecule has 158 valence electrons. The highest BCUT2D eigenvalue weighted by atomic mass is 16.3. The summed E-state index contributed by atoms with van der Waals surface area (Å²) < 4.78 is 9.38. The summed E-state index contributed by atoms with van der Waals surface area (Å²) in [5.41, 5.74) is 0.951. The van der Waals surface area contributed by atoms with Crippen molar-refractivity contribution >= 4 is 22.1 Å². The fourth-order valence-electron chi connectivity index (χ4n) is 3.78. The zero-order valence-corrected chi connectivity index (χ0v) is 17.6. The number of imidazole rings is 1. The van der Waals surface area contributed by atoms with Crippen molar-refractivity contribution in [3.05, 3.63) is 62.8 Å². The summed E-state index contributed by atoms with van der Waals surface area (Å²) in [4.78, 5) is 32.0. The number of nitrogens with zero attached hydrogens (tertiary/aromatic N) is 3. The lowest BCUT2D eigenvalue weighted by Gasteiger charge is -2.12. The van der Waals surface area contributed by atoms with Crippen molar-refractivity contribution in [2.75, 3.05) is 0 Å². The number of H-pyrrole nitrogens is 1. The maximum Gasteiger partial charge on any atom is 0.330 e. The Labute approximate surface area is 173 Å². The van der Waals surface area contributed by atoms with Crippen molar-refractivity contribution in [2.45, 2.75) is 59.3 Å². The standard InChI is InChI=1S/C22H27N5O3/c1-4-6-11-27-20-19(21(28)25-22(27)29)26(5-2)18(24-20)13-23-14(3)17-12-15-9-7-8-10-16(15)30-17/h7-10,12,14,23H,4-6,11,13H2,1-3H3,(H,25,28,29). The number of hydrogen-bond donors (Lipinski definition) is 2. The molecule has 0 aliphatic carbocycles. The lowest BCUT2D eigenvalue weighted by Crippen LogP contribution is -2.31. The number of para-hydroxylation sites is 1. The number of nitrogens with one attached hydrogen (secondary N) is 2. The van der Waals surface area contributed by atoms with Crippen LogP contribution in [0.3, 0.4) is 0 Å². The molecule has 30 heavy (non-hydrogen) atoms. The Hall–Kier alpha value is -3.13. The van der Waals surface area contributed by atoms with Gasteiger partial charge in [-0.05, 0) is 32.4 Å². The molecule has 1 unspecified atom stereocenters. The van der Waals surface area contributed by atoms with Crippen molar-refractivity contribution in [1.82, 2.24) is 24.4 Å². The monoisotopic (exact) mass is 409 g/mol. The van der Waals surface area contributed by atoms with Gasteiger partial charge in [0.2, 0.25) is 0 Å². The van der Waals surface area contributed by atoms with Crippen molar-refractivity contribution in [1.29, 1.82) is 0 Å². The maximum absolute atomic E-state index is 12.5. The van der Waals surface area contributed by atoms with Crippen LogP contribution >= 0.6 is 0 Å². The number of fused-ring (bicyclic) bond motifs is 2. The SMILES string of the molecule is CCCCn1c(=O)[nH]c(=O)c2c1nc(CNC(C)c1cc3ccccc3o1)n2CC. The molecule has 3 heterocycles. The van der Waals surface area contributed by atoms with E-state index in [0.29, 0.717) is 30.8 Å². The lowest BCUT2D eigenvalue weighted by atomic mass is 10.2. The van der Waals surface area contributed by atoms with Crippen LogP contribution in [0.5, 0.6) is 0 Å². The Morgan fingerprint density at radius 2 is 2.00 bits per heavy atom. The van der Waals surface area contributed by atoms with Gasteiger partial charge in [-0.1, -0.05) is 31.5 Å². The number of aryl methyl sites for hydroxylation is 2. The van der Waals surface area contributed by atoms with Gasteiger partial charge in [-0.25, -0.2) is 9.78 Å². The fraction of sp³-hybridized carbons (Fsp3) is 0.409. The van der Waals surface area contributed by atoms with Gasteiger partial charge in [-0.2, -0.15) is 0 Å². The van der Waals surface area contributed by atoms with E-state index >= 15 is 0 Å². The average molecular weight is 409 g/mol. The minimum absolute atomic E-state index is 0.0388. The third-order valence-corrected chi connectivity index (χ3v) is 5.45. The minimum atomic E-state index is -0.406. The molecule has 0 aliphatic heterocycles. The summed E-state index contributed by atoms with van der Waals surface area (Å²) in [5.74, 6) is 1.56. The molecule has 0 saturated heterocycles. The highest BCUT2D eigenvalue weighted by Crippen LogP contribution is 2.24. The molecule has 8 nitrogen and oxygen atoms in total. The van der Waals surface area contributed by atoms with E-state index in [9.17, 15) is 9.59 Å². The first-order valence-corrected chi connectivity index (χ1v) is 10.5. The number of furan rings is 1. The zero-order chi connectivity index (χ0) is 21.3. The molecule has 0 spiro atoms. The van der Waals surface area contributed by atoms with E-state index < -0.39 is 11.2 Å². The third kappa shape index (κ3) is 3.59. The summed E-state index contributed by atoms with van der Waals surface area (Å²) in [6.45, 7) is 7.62. The van der Waals surface area contributed by atoms with E-state index in [2.05, 4.69) is 22.2 Å². The Balaban J connectivity index is 1.65. The van der Waals surface area contributed by atoms with Crippen LogP contribution in [-0.4, -0.2) is 19.1 Å². The van der Waals surface area contributed by atoms with Crippen LogP contribution < -0.4 is 16.6 Å². The Kier molecular flexibility index (Phi) is 5.59. The van der Waals surface area contributed by atoms with E-state index in [4.69, 9.17) is 4.42 Å². The summed E-state index contributed by atoms with van der Waals surface area (Å²) in [6.07, 6.45) is 1.79. The van der Waals surface area contributed by atoms with Gasteiger partial charge < -0.3 is 14.3 Å². The second-order valence-electron chi connectivity index (χ2n) is 7.50. The number of aromatic nitrogens is 4. The highest BCUT2D eigenvalue weighted by molar-refractivity contribution is 5.77. The van der Waals surface area contributed by atoms with E-state index in [0.717, 1.165) is 35.4 Å². The summed E-state index contributed by atoms with van der Waals surface area (Å²) >= 11 is 0. The number of rotatable bonds is 8. The average Bonchev–Trinajstić information content (AvgIpc) is 3.33. The summed E-state index contributed by atoms with van der Waals surface area (Å²) in [7, 11) is 0. The topological polar surface area (TPSA) is 97.8 Å². The molecule has 0 bridgehead atoms. The van der Waals surface area contributed by atoms with Crippen molar-refractivity contribution in [3.8, 4) is 0 Å². The maximum atomic E-state index is 12.5. The summed E-state index contributed by atoms with van der Waals surface area (Å²) in [6, 6.07) is 9.90. The normalized spacial score (nSPS) is 12.8. The van der Waals surface area contributed by atoms with Gasteiger partial charge in [0.15, 0.2) is 11.2 Å². The van der Waals surface area contributed by atoms with E-state index in [1.165, 1.54) is 0 Å². The second-order valence-corrected chi connectivity index (χ2v) is 7.50. The quantitative estimate of drug-likeness (QED) is 0.465. The van der Waals surface area contributed by atoms with Crippen molar-refractivity contribution < 1.29 is 4.42 Å². The Morgan fingerprint density at radius 1 is 1.20 bits per heavy atom. The largest absolute Gasteiger partial charge is 0.459 e. The van der Waals surface area contributed by atoms with Crippen LogP contribution in [0.4, 0.5) is 0 Å². The molecular formula is C22H27N5O3. The molecule has 0 amide bonds. The molecule has 1 aromatic carbocycles. The van der Waals surface area contributed by atoms with Crippen molar-refractivity contribution in [3.63, 3.8) is 0 Å². The van der Waals surface area contributed by atoms with Crippen LogP contribution in [0.2, 0.25) is 0 Å². The molecule has 3 aromatic heterocycles. The molecular weight excluding hydrogens is 382 g/mol. The van der Waals surface area contributed by atoms with Gasteiger partial charge in [-0.3, -0.25) is 14.3 Å². The number of aromatic amines is 1. The Bertz CT molecular complexity index is 1260. The third-order valence-electron chi connectivity index (χ3n) is 5.45. The van der Waals surface area contributed by atoms with Gasteiger partial charge in [0.25, 0.3) is 5.56 Å². The molecule has 0 radical (unpaired) electrons. The van der Waals surface area contributed by atoms with Gasteiger partial charge in [0.05, 0.1) is 12.6 Å². The van der Waals surface area contributed by atoms with Crippen LogP contribution in [0, 0.1) is 0 Å². The lowest BCUT2D eigenvalue weighted by molar-refractivity contribution is 0.443. The van der Waals surface area contributed by atoms with Crippen molar-refractivity contribution in [2.24, 2.45) is 0 Å². The molecule has 0 saturated carbocycles. The number of unbranched alkanes of at least 4 members (excludes halogenated alkanes) is 1. The first-order chi connectivity index (χ1) is 14.5. The van der Waals surface area contributed by atoms with Gasteiger partial charge in [-0.15, -0.1) is 0 Å². The van der Waals surface area contributed by atoms with Crippen LogP contribution in [0.25, 0.3) is 22.1 Å². The Morgan fingerprint density at radius 3 is 2.73 bits per heavy atom. The van der Waals surface area contributed by atoms with Gasteiger partial charge in [0.1, 0.15) is 17.2 Å². The number of hydrogen-bond acceptors (Lipinski definition) is 5. The molecule has 2 N–H and O–H groups in total.